The summed E-state index contributed by atoms with van der Waals surface area (Å²) in [5, 5.41) is 1.10. The van der Waals surface area contributed by atoms with E-state index in [1.807, 2.05) is 24.3 Å². The van der Waals surface area contributed by atoms with Gasteiger partial charge in [0.1, 0.15) is 11.4 Å². The highest BCUT2D eigenvalue weighted by atomic mass is 28.4. The molecule has 4 nitrogen and oxygen atoms in total. The van der Waals surface area contributed by atoms with Crippen LogP contribution in [-0.4, -0.2) is 26.4 Å². The van der Waals surface area contributed by atoms with Crippen molar-refractivity contribution >= 4 is 25.2 Å². The molecule has 0 amide bonds. The first-order valence-electron chi connectivity index (χ1n) is 7.32. The van der Waals surface area contributed by atoms with E-state index in [0.717, 1.165) is 16.7 Å². The van der Waals surface area contributed by atoms with Gasteiger partial charge in [-0.05, 0) is 36.3 Å². The smallest absolute Gasteiger partial charge is 0.356 e. The number of pyridine rings is 1. The summed E-state index contributed by atoms with van der Waals surface area (Å²) in [6, 6.07) is 9.35. The van der Waals surface area contributed by atoms with Gasteiger partial charge in [-0.1, -0.05) is 26.8 Å². The molecule has 1 aromatic carbocycles. The van der Waals surface area contributed by atoms with E-state index >= 15 is 0 Å². The molecule has 0 saturated heterocycles. The van der Waals surface area contributed by atoms with Crippen LogP contribution in [0.25, 0.3) is 10.9 Å². The topological polar surface area (TPSA) is 48.4 Å². The Morgan fingerprint density at radius 3 is 2.36 bits per heavy atom. The fourth-order valence-electron chi connectivity index (χ4n) is 1.83. The van der Waals surface area contributed by atoms with Crippen molar-refractivity contribution in [1.82, 2.24) is 4.98 Å². The van der Waals surface area contributed by atoms with Crippen LogP contribution in [0, 0.1) is 0 Å². The molecule has 0 atom stereocenters. The van der Waals surface area contributed by atoms with E-state index in [9.17, 15) is 4.79 Å². The minimum Gasteiger partial charge on any atom is -0.543 e. The summed E-state index contributed by atoms with van der Waals surface area (Å²) in [6.45, 7) is 11.0. The molecule has 0 unspecified atom stereocenters. The third kappa shape index (κ3) is 3.30. The molecule has 0 fully saturated rings. The number of carbonyl (C=O) groups is 1. The van der Waals surface area contributed by atoms with Crippen LogP contribution in [0.2, 0.25) is 18.1 Å². The van der Waals surface area contributed by atoms with E-state index in [0.29, 0.717) is 5.69 Å². The number of hydrogen-bond donors (Lipinski definition) is 0. The maximum Gasteiger partial charge on any atom is 0.356 e. The number of esters is 1. The van der Waals surface area contributed by atoms with Crippen LogP contribution >= 0.6 is 0 Å². The number of carbonyl (C=O) groups excluding carboxylic acids is 1. The number of nitrogens with zero attached hydrogens (tertiary/aromatic N) is 1. The third-order valence-corrected chi connectivity index (χ3v) is 8.60. The number of rotatable bonds is 3. The van der Waals surface area contributed by atoms with Crippen molar-refractivity contribution in [3.63, 3.8) is 0 Å². The first-order valence-corrected chi connectivity index (χ1v) is 10.2. The fraction of sp³-hybridized carbons (Fsp3) is 0.412. The molecular weight excluding hydrogens is 294 g/mol. The molecule has 22 heavy (non-hydrogen) atoms. The number of methoxy groups -OCH3 is 1. The molecule has 1 heterocycles. The van der Waals surface area contributed by atoms with Crippen LogP contribution in [-0.2, 0) is 4.74 Å². The van der Waals surface area contributed by atoms with Crippen molar-refractivity contribution in [3.05, 3.63) is 36.0 Å². The summed E-state index contributed by atoms with van der Waals surface area (Å²) in [6.07, 6.45) is 0. The number of fused-ring (bicyclic) bond motifs is 1. The molecule has 0 spiro atoms. The second kappa shape index (κ2) is 5.72. The molecule has 0 aliphatic rings. The van der Waals surface area contributed by atoms with Crippen LogP contribution in [0.4, 0.5) is 0 Å². The van der Waals surface area contributed by atoms with E-state index < -0.39 is 14.3 Å². The highest BCUT2D eigenvalue weighted by Crippen LogP contribution is 2.37. The average Bonchev–Trinajstić information content (AvgIpc) is 2.44. The summed E-state index contributed by atoms with van der Waals surface area (Å²) in [5.41, 5.74) is 1.04. The largest absolute Gasteiger partial charge is 0.543 e. The maximum atomic E-state index is 11.6. The quantitative estimate of drug-likeness (QED) is 0.621. The van der Waals surface area contributed by atoms with Gasteiger partial charge in [-0.2, -0.15) is 0 Å². The van der Waals surface area contributed by atoms with Crippen molar-refractivity contribution in [3.8, 4) is 5.75 Å². The van der Waals surface area contributed by atoms with Gasteiger partial charge in [0.15, 0.2) is 0 Å². The van der Waals surface area contributed by atoms with Gasteiger partial charge >= 0.3 is 5.97 Å². The van der Waals surface area contributed by atoms with Gasteiger partial charge in [0, 0.05) is 11.5 Å². The zero-order valence-corrected chi connectivity index (χ0v) is 15.1. The van der Waals surface area contributed by atoms with E-state index in [4.69, 9.17) is 9.16 Å². The van der Waals surface area contributed by atoms with Gasteiger partial charge in [0.05, 0.1) is 12.6 Å². The average molecular weight is 317 g/mol. The Morgan fingerprint density at radius 2 is 1.77 bits per heavy atom. The van der Waals surface area contributed by atoms with Crippen LogP contribution < -0.4 is 4.43 Å². The lowest BCUT2D eigenvalue weighted by atomic mass is 10.2. The Morgan fingerprint density at radius 1 is 1.14 bits per heavy atom. The van der Waals surface area contributed by atoms with Crippen molar-refractivity contribution < 1.29 is 14.0 Å². The molecule has 5 heteroatoms. The van der Waals surface area contributed by atoms with E-state index in [1.165, 1.54) is 7.11 Å². The summed E-state index contributed by atoms with van der Waals surface area (Å²) in [7, 11) is -0.542. The highest BCUT2D eigenvalue weighted by Gasteiger charge is 2.38. The van der Waals surface area contributed by atoms with Crippen molar-refractivity contribution in [2.45, 2.75) is 38.9 Å². The molecule has 1 aromatic heterocycles. The van der Waals surface area contributed by atoms with E-state index in [2.05, 4.69) is 38.8 Å². The van der Waals surface area contributed by atoms with Crippen LogP contribution in [0.15, 0.2) is 30.3 Å². The number of aromatic nitrogens is 1. The molecule has 0 N–H and O–H groups in total. The minimum absolute atomic E-state index is 0.128. The number of hydrogen-bond acceptors (Lipinski definition) is 4. The standard InChI is InChI=1S/C17H23NO3Si/c1-17(2,3)22(5,6)21-13-9-7-12-8-10-14(16(19)20-4)18-15(12)11-13/h7-11H,1-6H3. The van der Waals surface area contributed by atoms with Crippen molar-refractivity contribution in [1.29, 1.82) is 0 Å². The second-order valence-electron chi connectivity index (χ2n) is 6.90. The molecule has 0 aliphatic carbocycles. The molecule has 2 aromatic rings. The van der Waals surface area contributed by atoms with Gasteiger partial charge in [0.2, 0.25) is 8.32 Å². The highest BCUT2D eigenvalue weighted by molar-refractivity contribution is 6.74. The second-order valence-corrected chi connectivity index (χ2v) is 11.6. The lowest BCUT2D eigenvalue weighted by molar-refractivity contribution is 0.0594. The zero-order chi connectivity index (χ0) is 16.5. The Bertz CT molecular complexity index is 705. The first-order chi connectivity index (χ1) is 10.1. The summed E-state index contributed by atoms with van der Waals surface area (Å²) < 4.78 is 11.0. The lowest BCUT2D eigenvalue weighted by Crippen LogP contribution is -2.43. The van der Waals surface area contributed by atoms with Crippen molar-refractivity contribution in [2.75, 3.05) is 7.11 Å². The van der Waals surface area contributed by atoms with E-state index in [-0.39, 0.29) is 5.04 Å². The SMILES string of the molecule is COC(=O)c1ccc2ccc(O[Si](C)(C)C(C)(C)C)cc2n1. The monoisotopic (exact) mass is 317 g/mol. The Kier molecular flexibility index (Phi) is 4.29. The van der Waals surface area contributed by atoms with Gasteiger partial charge in [-0.15, -0.1) is 0 Å². The molecule has 0 radical (unpaired) electrons. The molecule has 2 rings (SSSR count). The van der Waals surface area contributed by atoms with Gasteiger partial charge in [-0.3, -0.25) is 0 Å². The first kappa shape index (κ1) is 16.5. The Hall–Kier alpha value is -1.88. The van der Waals surface area contributed by atoms with Gasteiger partial charge in [0.25, 0.3) is 0 Å². The normalized spacial score (nSPS) is 12.3. The minimum atomic E-state index is -1.89. The molecular formula is C17H23NO3Si. The molecule has 0 bridgehead atoms. The van der Waals surface area contributed by atoms with Gasteiger partial charge in [-0.25, -0.2) is 9.78 Å². The Labute approximate surface area is 132 Å². The molecule has 0 saturated carbocycles. The Balaban J connectivity index is 2.39. The summed E-state index contributed by atoms with van der Waals surface area (Å²) in [4.78, 5) is 16.0. The summed E-state index contributed by atoms with van der Waals surface area (Å²) in [5.74, 6) is 0.367. The van der Waals surface area contributed by atoms with Crippen LogP contribution in [0.5, 0.6) is 5.75 Å². The van der Waals surface area contributed by atoms with Crippen LogP contribution in [0.1, 0.15) is 31.3 Å². The predicted molar refractivity (Wildman–Crippen MR) is 90.9 cm³/mol. The number of ether oxygens (including phenoxy) is 1. The maximum absolute atomic E-state index is 11.6. The molecule has 0 aliphatic heterocycles. The number of benzene rings is 1. The summed E-state index contributed by atoms with van der Waals surface area (Å²) >= 11 is 0. The van der Waals surface area contributed by atoms with Gasteiger partial charge < -0.3 is 9.16 Å². The predicted octanol–water partition coefficient (Wildman–Crippen LogP) is 4.41. The zero-order valence-electron chi connectivity index (χ0n) is 14.1. The van der Waals surface area contributed by atoms with E-state index in [1.54, 1.807) is 6.07 Å². The molecule has 118 valence electrons. The fourth-order valence-corrected chi connectivity index (χ4v) is 2.85. The van der Waals surface area contributed by atoms with Crippen LogP contribution in [0.3, 0.4) is 0 Å². The third-order valence-electron chi connectivity index (χ3n) is 4.24. The van der Waals surface area contributed by atoms with Crippen molar-refractivity contribution in [2.24, 2.45) is 0 Å². The lowest BCUT2D eigenvalue weighted by Gasteiger charge is -2.36.